The standard InChI is InChI=1S/C36H37F/c1-3-4-6-9-29-12-14-31(15-13-29)22-24-35-25-23-33(27-36(35)37)21-18-30-16-19-32(20-17-30)26-28(2)34-10-7-5-8-11-34/h3-5,7-8,10-17,19-20,22-25,27-28H,6,9,18,21,26H2,1-2H3/b4-3+,24-22+. The van der Waals surface area contributed by atoms with Gasteiger partial charge < -0.3 is 0 Å². The summed E-state index contributed by atoms with van der Waals surface area (Å²) in [7, 11) is 0. The lowest BCUT2D eigenvalue weighted by Gasteiger charge is -2.12. The predicted octanol–water partition coefficient (Wildman–Crippen LogP) is 9.64. The van der Waals surface area contributed by atoms with Crippen molar-refractivity contribution in [3.8, 4) is 0 Å². The molecule has 4 aromatic rings. The lowest BCUT2D eigenvalue weighted by atomic mass is 9.93. The highest BCUT2D eigenvalue weighted by atomic mass is 19.1. The molecule has 0 fully saturated rings. The second-order valence-corrected chi connectivity index (χ2v) is 9.87. The molecule has 1 atom stereocenters. The Balaban J connectivity index is 1.29. The maximum Gasteiger partial charge on any atom is 0.130 e. The molecule has 0 saturated heterocycles. The van der Waals surface area contributed by atoms with Gasteiger partial charge in [-0.15, -0.1) is 0 Å². The highest BCUT2D eigenvalue weighted by molar-refractivity contribution is 5.70. The fourth-order valence-electron chi connectivity index (χ4n) is 4.64. The van der Waals surface area contributed by atoms with Crippen LogP contribution in [0.5, 0.6) is 0 Å². The summed E-state index contributed by atoms with van der Waals surface area (Å²) in [6, 6.07) is 33.7. The zero-order chi connectivity index (χ0) is 25.9. The Bertz CT molecular complexity index is 1300. The van der Waals surface area contributed by atoms with E-state index in [0.29, 0.717) is 11.5 Å². The summed E-state index contributed by atoms with van der Waals surface area (Å²) in [5.74, 6) is 0.331. The summed E-state index contributed by atoms with van der Waals surface area (Å²) in [6.45, 7) is 4.33. The Hall–Kier alpha value is -3.71. The van der Waals surface area contributed by atoms with E-state index in [2.05, 4.69) is 97.9 Å². The van der Waals surface area contributed by atoms with Crippen LogP contribution in [-0.4, -0.2) is 0 Å². The lowest BCUT2D eigenvalue weighted by molar-refractivity contribution is 0.622. The third-order valence-electron chi connectivity index (χ3n) is 6.97. The zero-order valence-electron chi connectivity index (χ0n) is 22.0. The molecule has 1 heteroatoms. The minimum atomic E-state index is -0.165. The van der Waals surface area contributed by atoms with E-state index in [9.17, 15) is 4.39 Å². The number of rotatable bonds is 11. The molecule has 0 amide bonds. The first kappa shape index (κ1) is 26.4. The quantitative estimate of drug-likeness (QED) is 0.146. The molecule has 0 aliphatic heterocycles. The smallest absolute Gasteiger partial charge is 0.130 e. The summed E-state index contributed by atoms with van der Waals surface area (Å²) in [5.41, 5.74) is 8.07. The van der Waals surface area contributed by atoms with Gasteiger partial charge in [0.15, 0.2) is 0 Å². The van der Waals surface area contributed by atoms with E-state index in [4.69, 9.17) is 0 Å². The monoisotopic (exact) mass is 488 g/mol. The van der Waals surface area contributed by atoms with E-state index in [1.165, 1.54) is 22.3 Å². The molecule has 188 valence electrons. The molecule has 0 heterocycles. The Labute approximate surface area is 222 Å². The fourth-order valence-corrected chi connectivity index (χ4v) is 4.64. The summed E-state index contributed by atoms with van der Waals surface area (Å²) in [5, 5.41) is 0. The molecule has 0 aliphatic rings. The third kappa shape index (κ3) is 8.15. The molecule has 0 aliphatic carbocycles. The van der Waals surface area contributed by atoms with Crippen LogP contribution in [0.25, 0.3) is 12.2 Å². The van der Waals surface area contributed by atoms with Crippen LogP contribution in [0.3, 0.4) is 0 Å². The summed E-state index contributed by atoms with van der Waals surface area (Å²) in [4.78, 5) is 0. The van der Waals surface area contributed by atoms with E-state index >= 15 is 0 Å². The molecule has 0 spiro atoms. The van der Waals surface area contributed by atoms with Gasteiger partial charge >= 0.3 is 0 Å². The lowest BCUT2D eigenvalue weighted by Crippen LogP contribution is -1.99. The fraction of sp³-hybridized carbons (Fsp3) is 0.222. The number of hydrogen-bond donors (Lipinski definition) is 0. The van der Waals surface area contributed by atoms with E-state index in [0.717, 1.165) is 43.2 Å². The van der Waals surface area contributed by atoms with Crippen molar-refractivity contribution in [2.75, 3.05) is 0 Å². The molecule has 0 saturated carbocycles. The minimum Gasteiger partial charge on any atom is -0.206 e. The Morgan fingerprint density at radius 3 is 2.00 bits per heavy atom. The van der Waals surface area contributed by atoms with Crippen molar-refractivity contribution < 1.29 is 4.39 Å². The predicted molar refractivity (Wildman–Crippen MR) is 157 cm³/mol. The highest BCUT2D eigenvalue weighted by Gasteiger charge is 2.07. The van der Waals surface area contributed by atoms with Gasteiger partial charge in [0.2, 0.25) is 0 Å². The Kier molecular flexibility index (Phi) is 9.66. The molecular weight excluding hydrogens is 451 g/mol. The molecule has 4 rings (SSSR count). The average Bonchev–Trinajstić information content (AvgIpc) is 2.93. The number of aryl methyl sites for hydroxylation is 3. The van der Waals surface area contributed by atoms with Crippen LogP contribution in [-0.2, 0) is 25.7 Å². The second kappa shape index (κ2) is 13.6. The van der Waals surface area contributed by atoms with Crippen molar-refractivity contribution in [1.29, 1.82) is 0 Å². The van der Waals surface area contributed by atoms with E-state index in [-0.39, 0.29) is 5.82 Å². The van der Waals surface area contributed by atoms with Crippen molar-refractivity contribution in [3.63, 3.8) is 0 Å². The summed E-state index contributed by atoms with van der Waals surface area (Å²) < 4.78 is 14.8. The van der Waals surface area contributed by atoms with E-state index in [1.54, 1.807) is 6.07 Å². The normalized spacial score (nSPS) is 12.4. The van der Waals surface area contributed by atoms with Gasteiger partial charge in [-0.1, -0.05) is 122 Å². The largest absolute Gasteiger partial charge is 0.206 e. The van der Waals surface area contributed by atoms with Crippen molar-refractivity contribution in [2.24, 2.45) is 0 Å². The number of halogens is 1. The van der Waals surface area contributed by atoms with Gasteiger partial charge in [-0.05, 0) is 84.4 Å². The van der Waals surface area contributed by atoms with Gasteiger partial charge in [-0.3, -0.25) is 0 Å². The van der Waals surface area contributed by atoms with E-state index < -0.39 is 0 Å². The summed E-state index contributed by atoms with van der Waals surface area (Å²) >= 11 is 0. The van der Waals surface area contributed by atoms with Gasteiger partial charge in [0.25, 0.3) is 0 Å². The highest BCUT2D eigenvalue weighted by Crippen LogP contribution is 2.21. The third-order valence-corrected chi connectivity index (χ3v) is 6.97. The molecule has 1 unspecified atom stereocenters. The minimum absolute atomic E-state index is 0.165. The van der Waals surface area contributed by atoms with Crippen LogP contribution in [0.1, 0.15) is 65.1 Å². The van der Waals surface area contributed by atoms with Crippen LogP contribution < -0.4 is 0 Å². The first-order chi connectivity index (χ1) is 18.1. The average molecular weight is 489 g/mol. The van der Waals surface area contributed by atoms with Crippen LogP contribution >= 0.6 is 0 Å². The van der Waals surface area contributed by atoms with Crippen LogP contribution in [0.15, 0.2) is 109 Å². The first-order valence-electron chi connectivity index (χ1n) is 13.4. The first-order valence-corrected chi connectivity index (χ1v) is 13.4. The maximum atomic E-state index is 14.8. The Morgan fingerprint density at radius 2 is 1.30 bits per heavy atom. The summed E-state index contributed by atoms with van der Waals surface area (Å²) in [6.07, 6.45) is 13.0. The van der Waals surface area contributed by atoms with Crippen molar-refractivity contribution >= 4 is 12.2 Å². The van der Waals surface area contributed by atoms with Crippen molar-refractivity contribution in [3.05, 3.63) is 154 Å². The molecule has 4 aromatic carbocycles. The second-order valence-electron chi connectivity index (χ2n) is 9.87. The zero-order valence-corrected chi connectivity index (χ0v) is 22.0. The number of hydrogen-bond acceptors (Lipinski definition) is 0. The molecule has 0 radical (unpaired) electrons. The van der Waals surface area contributed by atoms with Gasteiger partial charge in [-0.25, -0.2) is 4.39 Å². The molecular formula is C36H37F. The van der Waals surface area contributed by atoms with Gasteiger partial charge in [0.05, 0.1) is 0 Å². The topological polar surface area (TPSA) is 0 Å². The molecule has 37 heavy (non-hydrogen) atoms. The molecule has 0 N–H and O–H groups in total. The molecule has 0 aromatic heterocycles. The molecule has 0 nitrogen and oxygen atoms in total. The van der Waals surface area contributed by atoms with Gasteiger partial charge in [-0.2, -0.15) is 0 Å². The molecule has 0 bridgehead atoms. The van der Waals surface area contributed by atoms with Crippen LogP contribution in [0.2, 0.25) is 0 Å². The Morgan fingerprint density at radius 1 is 0.676 bits per heavy atom. The van der Waals surface area contributed by atoms with Gasteiger partial charge in [0, 0.05) is 5.56 Å². The van der Waals surface area contributed by atoms with Crippen molar-refractivity contribution in [2.45, 2.75) is 51.9 Å². The van der Waals surface area contributed by atoms with Crippen molar-refractivity contribution in [1.82, 2.24) is 0 Å². The van der Waals surface area contributed by atoms with Crippen LogP contribution in [0.4, 0.5) is 4.39 Å². The number of allylic oxidation sites excluding steroid dienone is 2. The van der Waals surface area contributed by atoms with Crippen LogP contribution in [0, 0.1) is 5.82 Å². The van der Waals surface area contributed by atoms with E-state index in [1.807, 2.05) is 31.2 Å². The number of benzene rings is 4. The SMILES string of the molecule is C/C=C/CCc1ccc(/C=C/c2ccc(CCc3ccc(CC(C)c4ccccc4)cc3)cc2F)cc1. The maximum absolute atomic E-state index is 14.8. The van der Waals surface area contributed by atoms with Gasteiger partial charge in [0.1, 0.15) is 5.82 Å².